The van der Waals surface area contributed by atoms with Crippen LogP contribution in [0.4, 0.5) is 0 Å². The van der Waals surface area contributed by atoms with Gasteiger partial charge in [0.15, 0.2) is 5.82 Å². The highest BCUT2D eigenvalue weighted by Crippen LogP contribution is 2.37. The first-order valence-corrected chi connectivity index (χ1v) is 8.19. The number of rotatable bonds is 4. The van der Waals surface area contributed by atoms with Gasteiger partial charge in [-0.15, -0.1) is 0 Å². The quantitative estimate of drug-likeness (QED) is 0.913. The summed E-state index contributed by atoms with van der Waals surface area (Å²) in [4.78, 5) is 4.63. The average Bonchev–Trinajstić information content (AvgIpc) is 3.08. The second-order valence-electron chi connectivity index (χ2n) is 5.15. The molecule has 1 aromatic heterocycles. The first-order valence-electron chi connectivity index (χ1n) is 7.14. The molecular formula is C13H21N3O2S. The van der Waals surface area contributed by atoms with E-state index in [1.807, 2.05) is 11.8 Å². The molecule has 0 bridgehead atoms. The number of nitrogens with one attached hydrogen (secondary N) is 1. The molecule has 3 atom stereocenters. The van der Waals surface area contributed by atoms with Crippen LogP contribution in [0.25, 0.3) is 0 Å². The highest BCUT2D eigenvalue weighted by molar-refractivity contribution is 7.99. The zero-order valence-corrected chi connectivity index (χ0v) is 12.1. The van der Waals surface area contributed by atoms with E-state index in [4.69, 9.17) is 9.26 Å². The molecule has 0 spiro atoms. The van der Waals surface area contributed by atoms with Crippen molar-refractivity contribution in [2.24, 2.45) is 0 Å². The highest BCUT2D eigenvalue weighted by Gasteiger charge is 2.34. The Hall–Kier alpha value is -0.590. The maximum Gasteiger partial charge on any atom is 0.233 e. The normalized spacial score (nSPS) is 31.7. The molecule has 19 heavy (non-hydrogen) atoms. The summed E-state index contributed by atoms with van der Waals surface area (Å²) in [5, 5.41) is 8.03. The van der Waals surface area contributed by atoms with Crippen LogP contribution in [0.5, 0.6) is 0 Å². The fourth-order valence-electron chi connectivity index (χ4n) is 2.73. The molecule has 0 saturated carbocycles. The number of likely N-dealkylation sites (N-methyl/N-ethyl adjacent to an activating group) is 1. The molecule has 0 radical (unpaired) electrons. The number of ether oxygens (including phenoxy) is 1. The molecule has 0 aromatic carbocycles. The van der Waals surface area contributed by atoms with Gasteiger partial charge in [-0.1, -0.05) is 18.5 Å². The van der Waals surface area contributed by atoms with E-state index in [9.17, 15) is 0 Å². The van der Waals surface area contributed by atoms with Gasteiger partial charge in [0, 0.05) is 6.04 Å². The Morgan fingerprint density at radius 3 is 3.11 bits per heavy atom. The van der Waals surface area contributed by atoms with Crippen LogP contribution in [0.1, 0.15) is 49.1 Å². The van der Waals surface area contributed by atoms with Gasteiger partial charge in [0.1, 0.15) is 0 Å². The van der Waals surface area contributed by atoms with Crippen molar-refractivity contribution in [2.45, 2.75) is 43.4 Å². The molecule has 0 amide bonds. The van der Waals surface area contributed by atoms with Gasteiger partial charge in [-0.2, -0.15) is 16.7 Å². The summed E-state index contributed by atoms with van der Waals surface area (Å²) in [5.74, 6) is 3.03. The van der Waals surface area contributed by atoms with Crippen LogP contribution < -0.4 is 5.32 Å². The number of nitrogens with zero attached hydrogens (tertiary/aromatic N) is 2. The maximum atomic E-state index is 5.54. The van der Waals surface area contributed by atoms with Crippen LogP contribution >= 0.6 is 11.8 Å². The van der Waals surface area contributed by atoms with E-state index in [1.54, 1.807) is 0 Å². The van der Waals surface area contributed by atoms with Crippen molar-refractivity contribution < 1.29 is 9.26 Å². The lowest BCUT2D eigenvalue weighted by Gasteiger charge is -2.17. The summed E-state index contributed by atoms with van der Waals surface area (Å²) in [7, 11) is 0. The van der Waals surface area contributed by atoms with E-state index >= 15 is 0 Å². The Bertz CT molecular complexity index is 406. The molecule has 3 heterocycles. The fraction of sp³-hybridized carbons (Fsp3) is 0.846. The van der Waals surface area contributed by atoms with E-state index < -0.39 is 0 Å². The van der Waals surface area contributed by atoms with Crippen molar-refractivity contribution in [1.82, 2.24) is 15.5 Å². The molecule has 3 rings (SSSR count). The first kappa shape index (κ1) is 13.4. The lowest BCUT2D eigenvalue weighted by atomic mass is 10.0. The monoisotopic (exact) mass is 283 g/mol. The molecule has 2 aliphatic heterocycles. The molecule has 3 unspecified atom stereocenters. The second kappa shape index (κ2) is 6.24. The van der Waals surface area contributed by atoms with E-state index in [-0.39, 0.29) is 5.92 Å². The molecule has 0 aliphatic carbocycles. The lowest BCUT2D eigenvalue weighted by Crippen LogP contribution is -2.34. The Labute approximate surface area is 117 Å². The van der Waals surface area contributed by atoms with Gasteiger partial charge in [-0.3, -0.25) is 0 Å². The number of thioether (sulfide) groups is 1. The third-order valence-corrected chi connectivity index (χ3v) is 5.16. The molecule has 2 saturated heterocycles. The SMILES string of the molecule is CCNC1COCC1c1nc(C2CCCCS2)no1. The highest BCUT2D eigenvalue weighted by atomic mass is 32.2. The van der Waals surface area contributed by atoms with Gasteiger partial charge in [0.2, 0.25) is 5.89 Å². The largest absolute Gasteiger partial charge is 0.379 e. The predicted octanol–water partition coefficient (Wildman–Crippen LogP) is 2.12. The third kappa shape index (κ3) is 2.95. The summed E-state index contributed by atoms with van der Waals surface area (Å²) < 4.78 is 11.0. The Balaban J connectivity index is 1.69. The first-order chi connectivity index (χ1) is 9.38. The van der Waals surface area contributed by atoms with Crippen molar-refractivity contribution in [2.75, 3.05) is 25.5 Å². The van der Waals surface area contributed by atoms with E-state index in [0.717, 1.165) is 24.9 Å². The van der Waals surface area contributed by atoms with E-state index in [2.05, 4.69) is 22.4 Å². The second-order valence-corrected chi connectivity index (χ2v) is 6.46. The molecule has 106 valence electrons. The molecule has 2 fully saturated rings. The molecule has 1 aromatic rings. The van der Waals surface area contributed by atoms with Gasteiger partial charge >= 0.3 is 0 Å². The Morgan fingerprint density at radius 2 is 2.32 bits per heavy atom. The average molecular weight is 283 g/mol. The van der Waals surface area contributed by atoms with E-state index in [1.165, 1.54) is 25.0 Å². The minimum atomic E-state index is 0.204. The summed E-state index contributed by atoms with van der Waals surface area (Å²) in [6.07, 6.45) is 3.75. The van der Waals surface area contributed by atoms with Crippen molar-refractivity contribution in [3.05, 3.63) is 11.7 Å². The Kier molecular flexibility index (Phi) is 4.40. The van der Waals surface area contributed by atoms with Crippen molar-refractivity contribution in [3.63, 3.8) is 0 Å². The van der Waals surface area contributed by atoms with Crippen LogP contribution in [0.3, 0.4) is 0 Å². The topological polar surface area (TPSA) is 60.2 Å². The number of hydrogen-bond acceptors (Lipinski definition) is 6. The zero-order chi connectivity index (χ0) is 13.1. The molecule has 2 aliphatic rings. The zero-order valence-electron chi connectivity index (χ0n) is 11.3. The summed E-state index contributed by atoms with van der Waals surface area (Å²) in [6.45, 7) is 4.45. The molecular weight excluding hydrogens is 262 g/mol. The smallest absolute Gasteiger partial charge is 0.233 e. The maximum absolute atomic E-state index is 5.54. The molecule has 1 N–H and O–H groups in total. The van der Waals surface area contributed by atoms with Gasteiger partial charge in [-0.05, 0) is 25.1 Å². The minimum Gasteiger partial charge on any atom is -0.379 e. The molecule has 5 nitrogen and oxygen atoms in total. The van der Waals surface area contributed by atoms with Crippen LogP contribution in [-0.2, 0) is 4.74 Å². The van der Waals surface area contributed by atoms with Crippen LogP contribution in [0.15, 0.2) is 4.52 Å². The van der Waals surface area contributed by atoms with Gasteiger partial charge < -0.3 is 14.6 Å². The summed E-state index contributed by atoms with van der Waals surface area (Å²) >= 11 is 1.95. The van der Waals surface area contributed by atoms with Crippen LogP contribution in [0, 0.1) is 0 Å². The minimum absolute atomic E-state index is 0.204. The van der Waals surface area contributed by atoms with Crippen molar-refractivity contribution in [3.8, 4) is 0 Å². The van der Waals surface area contributed by atoms with Crippen molar-refractivity contribution in [1.29, 1.82) is 0 Å². The third-order valence-electron chi connectivity index (χ3n) is 3.79. The standard InChI is InChI=1S/C13H21N3O2S/c1-2-14-10-8-17-7-9(10)13-15-12(16-18-13)11-5-3-4-6-19-11/h9-11,14H,2-8H2,1H3. The number of hydrogen-bond donors (Lipinski definition) is 1. The van der Waals surface area contributed by atoms with Gasteiger partial charge in [0.25, 0.3) is 0 Å². The summed E-state index contributed by atoms with van der Waals surface area (Å²) in [5.41, 5.74) is 0. The van der Waals surface area contributed by atoms with Gasteiger partial charge in [0.05, 0.1) is 24.4 Å². The van der Waals surface area contributed by atoms with Gasteiger partial charge in [-0.25, -0.2) is 0 Å². The van der Waals surface area contributed by atoms with Crippen LogP contribution in [0.2, 0.25) is 0 Å². The lowest BCUT2D eigenvalue weighted by molar-refractivity contribution is 0.185. The van der Waals surface area contributed by atoms with Crippen LogP contribution in [-0.4, -0.2) is 41.7 Å². The number of aromatic nitrogens is 2. The fourth-order valence-corrected chi connectivity index (χ4v) is 3.97. The molecule has 6 heteroatoms. The Morgan fingerprint density at radius 1 is 1.37 bits per heavy atom. The predicted molar refractivity (Wildman–Crippen MR) is 74.4 cm³/mol. The van der Waals surface area contributed by atoms with Crippen molar-refractivity contribution >= 4 is 11.8 Å². The van der Waals surface area contributed by atoms with E-state index in [0.29, 0.717) is 17.9 Å². The summed E-state index contributed by atoms with van der Waals surface area (Å²) in [6, 6.07) is 0.303.